The molecule has 4 aromatic rings. The predicted molar refractivity (Wildman–Crippen MR) is 121 cm³/mol. The van der Waals surface area contributed by atoms with Crippen molar-refractivity contribution in [2.45, 2.75) is 0 Å². The highest BCUT2D eigenvalue weighted by Gasteiger charge is 2.14. The van der Waals surface area contributed by atoms with Gasteiger partial charge in [0.1, 0.15) is 0 Å². The topological polar surface area (TPSA) is 63.0 Å². The van der Waals surface area contributed by atoms with Crippen molar-refractivity contribution in [1.29, 1.82) is 0 Å². The average Bonchev–Trinajstić information content (AvgIpc) is 3.21. The van der Waals surface area contributed by atoms with Crippen molar-refractivity contribution in [3.8, 4) is 22.9 Å². The molecular formula is C21H14Cl2N4OS. The highest BCUT2D eigenvalue weighted by molar-refractivity contribution is 7.80. The number of hydrogen-bond donors (Lipinski definition) is 2. The molecule has 0 bridgehead atoms. The van der Waals surface area contributed by atoms with E-state index in [9.17, 15) is 0 Å². The van der Waals surface area contributed by atoms with Gasteiger partial charge in [-0.1, -0.05) is 35.3 Å². The second-order valence-corrected chi connectivity index (χ2v) is 7.33. The van der Waals surface area contributed by atoms with Crippen LogP contribution in [0.1, 0.15) is 0 Å². The number of hydrogen-bond acceptors (Lipinski definition) is 4. The first-order valence-corrected chi connectivity index (χ1v) is 9.77. The minimum absolute atomic E-state index is 0.382. The van der Waals surface area contributed by atoms with Crippen LogP contribution in [0.2, 0.25) is 10.0 Å². The number of benzene rings is 3. The summed E-state index contributed by atoms with van der Waals surface area (Å²) < 4.78 is 5.87. The van der Waals surface area contributed by atoms with Crippen LogP contribution in [0, 0.1) is 0 Å². The number of rotatable bonds is 4. The van der Waals surface area contributed by atoms with Gasteiger partial charge in [-0.05, 0) is 72.9 Å². The zero-order valence-corrected chi connectivity index (χ0v) is 17.2. The molecule has 0 saturated heterocycles. The molecule has 0 aliphatic rings. The van der Waals surface area contributed by atoms with Gasteiger partial charge >= 0.3 is 0 Å². The summed E-state index contributed by atoms with van der Waals surface area (Å²) in [6, 6.07) is 22.0. The van der Waals surface area contributed by atoms with Crippen molar-refractivity contribution < 1.29 is 4.42 Å². The van der Waals surface area contributed by atoms with Crippen LogP contribution in [0.15, 0.2) is 77.2 Å². The smallest absolute Gasteiger partial charge is 0.250 e. The fraction of sp³-hybridized carbons (Fsp3) is 0. The van der Waals surface area contributed by atoms with Crippen LogP contribution in [0.4, 0.5) is 11.4 Å². The van der Waals surface area contributed by atoms with Crippen LogP contribution in [-0.2, 0) is 0 Å². The second-order valence-electron chi connectivity index (χ2n) is 6.05. The molecule has 29 heavy (non-hydrogen) atoms. The van der Waals surface area contributed by atoms with E-state index >= 15 is 0 Å². The molecule has 3 aromatic carbocycles. The Kier molecular flexibility index (Phi) is 5.76. The molecule has 0 aliphatic heterocycles. The summed E-state index contributed by atoms with van der Waals surface area (Å²) in [5.41, 5.74) is 3.09. The van der Waals surface area contributed by atoms with Crippen molar-refractivity contribution in [2.24, 2.45) is 0 Å². The maximum atomic E-state index is 5.94. The van der Waals surface area contributed by atoms with E-state index in [4.69, 9.17) is 39.8 Å². The highest BCUT2D eigenvalue weighted by atomic mass is 35.5. The van der Waals surface area contributed by atoms with E-state index in [2.05, 4.69) is 20.8 Å². The first kappa shape index (κ1) is 19.4. The SMILES string of the molecule is S=C(Nc1ccc(Cl)cc1)Nc1ccccc1-c1nnc(-c2ccc(Cl)cc2)o1. The number of aromatic nitrogens is 2. The van der Waals surface area contributed by atoms with Gasteiger partial charge < -0.3 is 15.1 Å². The highest BCUT2D eigenvalue weighted by Crippen LogP contribution is 2.30. The van der Waals surface area contributed by atoms with Crippen LogP contribution >= 0.6 is 35.4 Å². The standard InChI is InChI=1S/C21H14Cl2N4OS/c22-14-7-5-13(6-8-14)19-26-27-20(28-19)17-3-1-2-4-18(17)25-21(29)24-16-11-9-15(23)10-12-16/h1-12H,(H2,24,25,29). The summed E-state index contributed by atoms with van der Waals surface area (Å²) in [6.45, 7) is 0. The van der Waals surface area contributed by atoms with E-state index < -0.39 is 0 Å². The average molecular weight is 441 g/mol. The number of anilines is 2. The summed E-state index contributed by atoms with van der Waals surface area (Å²) in [5, 5.41) is 16.3. The van der Waals surface area contributed by atoms with Crippen LogP contribution in [0.25, 0.3) is 22.9 Å². The lowest BCUT2D eigenvalue weighted by atomic mass is 10.2. The Labute approximate surface area is 182 Å². The van der Waals surface area contributed by atoms with Gasteiger partial charge in [0.15, 0.2) is 5.11 Å². The number of nitrogens with one attached hydrogen (secondary N) is 2. The summed E-state index contributed by atoms with van der Waals surface area (Å²) in [4.78, 5) is 0. The van der Waals surface area contributed by atoms with Crippen LogP contribution in [-0.4, -0.2) is 15.3 Å². The Morgan fingerprint density at radius 3 is 2.10 bits per heavy atom. The van der Waals surface area contributed by atoms with Crippen molar-refractivity contribution in [3.05, 3.63) is 82.8 Å². The van der Waals surface area contributed by atoms with Crippen LogP contribution < -0.4 is 10.6 Å². The minimum Gasteiger partial charge on any atom is -0.416 e. The second kappa shape index (κ2) is 8.61. The number of halogens is 2. The van der Waals surface area contributed by atoms with Crippen molar-refractivity contribution in [2.75, 3.05) is 10.6 Å². The quantitative estimate of drug-likeness (QED) is 0.352. The lowest BCUT2D eigenvalue weighted by molar-refractivity contribution is 0.585. The Morgan fingerprint density at radius 2 is 1.38 bits per heavy atom. The molecule has 1 heterocycles. The van der Waals surface area contributed by atoms with Gasteiger partial charge in [-0.15, -0.1) is 10.2 Å². The molecule has 2 N–H and O–H groups in total. The third-order valence-corrected chi connectivity index (χ3v) is 4.73. The first-order chi connectivity index (χ1) is 14.1. The van der Waals surface area contributed by atoms with Crippen molar-refractivity contribution in [3.63, 3.8) is 0 Å². The van der Waals surface area contributed by atoms with E-state index in [1.165, 1.54) is 0 Å². The fourth-order valence-electron chi connectivity index (χ4n) is 2.64. The number of para-hydroxylation sites is 1. The molecular weight excluding hydrogens is 427 g/mol. The molecule has 0 spiro atoms. The third kappa shape index (κ3) is 4.74. The van der Waals surface area contributed by atoms with E-state index in [0.717, 1.165) is 22.5 Å². The zero-order valence-electron chi connectivity index (χ0n) is 14.9. The maximum absolute atomic E-state index is 5.94. The van der Waals surface area contributed by atoms with Crippen molar-refractivity contribution in [1.82, 2.24) is 10.2 Å². The summed E-state index contributed by atoms with van der Waals surface area (Å²) in [6.07, 6.45) is 0. The van der Waals surface area contributed by atoms with Crippen LogP contribution in [0.3, 0.4) is 0 Å². The minimum atomic E-state index is 0.382. The van der Waals surface area contributed by atoms with Gasteiger partial charge in [0.2, 0.25) is 11.8 Å². The summed E-state index contributed by atoms with van der Waals surface area (Å²) in [7, 11) is 0. The normalized spacial score (nSPS) is 10.6. The van der Waals surface area contributed by atoms with Crippen molar-refractivity contribution >= 4 is 51.9 Å². The Balaban J connectivity index is 1.54. The molecule has 0 unspecified atom stereocenters. The first-order valence-electron chi connectivity index (χ1n) is 8.61. The van der Waals surface area contributed by atoms with Gasteiger partial charge in [-0.3, -0.25) is 0 Å². The van der Waals surface area contributed by atoms with E-state index in [-0.39, 0.29) is 0 Å². The third-order valence-electron chi connectivity index (χ3n) is 4.02. The monoisotopic (exact) mass is 440 g/mol. The number of thiocarbonyl (C=S) groups is 1. The number of nitrogens with zero attached hydrogens (tertiary/aromatic N) is 2. The Hall–Kier alpha value is -2.93. The molecule has 0 atom stereocenters. The van der Waals surface area contributed by atoms with Gasteiger partial charge in [0, 0.05) is 21.3 Å². The molecule has 4 rings (SSSR count). The molecule has 1 aromatic heterocycles. The molecule has 0 amide bonds. The molecule has 0 radical (unpaired) electrons. The lowest BCUT2D eigenvalue weighted by Gasteiger charge is -2.12. The molecule has 0 fully saturated rings. The molecule has 0 aliphatic carbocycles. The Morgan fingerprint density at radius 1 is 0.759 bits per heavy atom. The molecule has 0 saturated carbocycles. The van der Waals surface area contributed by atoms with Gasteiger partial charge in [0.05, 0.1) is 11.3 Å². The molecule has 5 nitrogen and oxygen atoms in total. The van der Waals surface area contributed by atoms with E-state index in [0.29, 0.717) is 26.9 Å². The lowest BCUT2D eigenvalue weighted by Crippen LogP contribution is -2.19. The van der Waals surface area contributed by atoms with E-state index in [1.54, 1.807) is 24.3 Å². The predicted octanol–water partition coefficient (Wildman–Crippen LogP) is 6.52. The molecule has 8 heteroatoms. The van der Waals surface area contributed by atoms with Gasteiger partial charge in [-0.25, -0.2) is 0 Å². The van der Waals surface area contributed by atoms with E-state index in [1.807, 2.05) is 48.5 Å². The summed E-state index contributed by atoms with van der Waals surface area (Å²) in [5.74, 6) is 0.792. The largest absolute Gasteiger partial charge is 0.416 e. The Bertz CT molecular complexity index is 1140. The fourth-order valence-corrected chi connectivity index (χ4v) is 3.12. The van der Waals surface area contributed by atoms with Gasteiger partial charge in [0.25, 0.3) is 0 Å². The summed E-state index contributed by atoms with van der Waals surface area (Å²) >= 11 is 17.3. The van der Waals surface area contributed by atoms with Gasteiger partial charge in [-0.2, -0.15) is 0 Å². The maximum Gasteiger partial charge on any atom is 0.250 e. The van der Waals surface area contributed by atoms with Crippen LogP contribution in [0.5, 0.6) is 0 Å². The zero-order chi connectivity index (χ0) is 20.2. The molecule has 144 valence electrons.